The van der Waals surface area contributed by atoms with Gasteiger partial charge in [-0.05, 0) is 68.9 Å². The summed E-state index contributed by atoms with van der Waals surface area (Å²) in [5.41, 5.74) is -0.292. The second-order valence-corrected chi connectivity index (χ2v) is 13.0. The lowest BCUT2D eigenvalue weighted by Crippen LogP contribution is -2.49. The van der Waals surface area contributed by atoms with Crippen molar-refractivity contribution in [1.29, 1.82) is 0 Å². The normalized spacial score (nSPS) is 33.1. The van der Waals surface area contributed by atoms with Crippen LogP contribution in [0.2, 0.25) is 5.02 Å². The summed E-state index contributed by atoms with van der Waals surface area (Å²) in [6.45, 7) is 1.41. The Bertz CT molecular complexity index is 1540. The first kappa shape index (κ1) is 27.5. The summed E-state index contributed by atoms with van der Waals surface area (Å²) in [4.78, 5) is 58.8. The van der Waals surface area contributed by atoms with Gasteiger partial charge in [0.2, 0.25) is 23.6 Å². The van der Waals surface area contributed by atoms with Crippen LogP contribution in [0.15, 0.2) is 46.4 Å². The Morgan fingerprint density at radius 3 is 2.48 bits per heavy atom. The van der Waals surface area contributed by atoms with Crippen LogP contribution in [0, 0.1) is 34.9 Å². The van der Waals surface area contributed by atoms with Gasteiger partial charge in [-0.2, -0.15) is 0 Å². The topological polar surface area (TPSA) is 108 Å². The van der Waals surface area contributed by atoms with Crippen molar-refractivity contribution in [2.75, 3.05) is 4.90 Å². The highest BCUT2D eigenvalue weighted by Gasteiger charge is 2.68. The number of fused-ring (bicyclic) bond motifs is 4. The maximum absolute atomic E-state index is 14.3. The molecule has 1 aromatic carbocycles. The van der Waals surface area contributed by atoms with Crippen molar-refractivity contribution in [3.8, 4) is 0 Å². The minimum absolute atomic E-state index is 0.0944. The number of nitrogens with zero attached hydrogens (tertiary/aromatic N) is 2. The molecule has 4 fully saturated rings. The maximum atomic E-state index is 14.3. The molecule has 2 aliphatic heterocycles. The maximum Gasteiger partial charge on any atom is 0.241 e. The molecule has 5 aliphatic rings. The molecule has 3 aliphatic carbocycles. The van der Waals surface area contributed by atoms with Crippen molar-refractivity contribution in [3.63, 3.8) is 0 Å². The molecule has 1 N–H and O–H groups in total. The molecule has 4 amide bonds. The number of likely N-dealkylation sites (tertiary alicyclic amines) is 1. The molecule has 2 aromatic rings. The molecule has 7 rings (SSSR count). The number of anilines is 1. The predicted molar refractivity (Wildman–Crippen MR) is 149 cm³/mol. The highest BCUT2D eigenvalue weighted by atomic mass is 35.5. The van der Waals surface area contributed by atoms with Gasteiger partial charge in [-0.1, -0.05) is 42.5 Å². The number of hydrogen-bond acceptors (Lipinski definition) is 6. The van der Waals surface area contributed by atoms with Crippen LogP contribution in [0.1, 0.15) is 69.3 Å². The van der Waals surface area contributed by atoms with Crippen LogP contribution in [-0.2, 0) is 25.8 Å². The third-order valence-corrected chi connectivity index (χ3v) is 10.8. The number of carbonyl (C=O) groups excluding carboxylic acids is 4. The second kappa shape index (κ2) is 9.88. The quantitative estimate of drug-likeness (QED) is 0.388. The van der Waals surface area contributed by atoms with E-state index in [1.54, 1.807) is 19.1 Å². The zero-order valence-electron chi connectivity index (χ0n) is 23.2. The number of aliphatic hydroxyl groups excluding tert-OH is 1. The summed E-state index contributed by atoms with van der Waals surface area (Å²) in [6.07, 6.45) is 7.25. The Balaban J connectivity index is 1.33. The summed E-state index contributed by atoms with van der Waals surface area (Å²) < 4.78 is 20.0. The SMILES string of the molecule is C[C@@]12C(=O)N(c3ccc(F)c(Cl)c3)C(=O)[C@@H]1C[C@@H]1C(=CC[C@@H]3C(=O)N(C4CCCCC4)C(=O)[C@@H]31)[C@@H]2c1ccc(CO)o1. The molecule has 1 aromatic heterocycles. The molecule has 42 heavy (non-hydrogen) atoms. The molecule has 2 saturated carbocycles. The lowest BCUT2D eigenvalue weighted by molar-refractivity contribution is -0.144. The van der Waals surface area contributed by atoms with E-state index in [4.69, 9.17) is 16.0 Å². The zero-order valence-corrected chi connectivity index (χ0v) is 24.0. The van der Waals surface area contributed by atoms with Gasteiger partial charge in [-0.3, -0.25) is 24.1 Å². The van der Waals surface area contributed by atoms with Gasteiger partial charge in [0.15, 0.2) is 0 Å². The van der Waals surface area contributed by atoms with E-state index in [2.05, 4.69) is 0 Å². The van der Waals surface area contributed by atoms with Gasteiger partial charge < -0.3 is 9.52 Å². The van der Waals surface area contributed by atoms with Gasteiger partial charge in [0.05, 0.1) is 39.8 Å². The fraction of sp³-hybridized carbons (Fsp3) is 0.500. The van der Waals surface area contributed by atoms with Crippen LogP contribution in [0.5, 0.6) is 0 Å². The van der Waals surface area contributed by atoms with Crippen LogP contribution in [0.3, 0.4) is 0 Å². The molecule has 0 radical (unpaired) electrons. The van der Waals surface area contributed by atoms with Crippen molar-refractivity contribution in [1.82, 2.24) is 4.90 Å². The van der Waals surface area contributed by atoms with Gasteiger partial charge >= 0.3 is 0 Å². The molecular weight excluding hydrogens is 563 g/mol. The van der Waals surface area contributed by atoms with E-state index in [9.17, 15) is 28.7 Å². The Hall–Kier alpha value is -3.30. The van der Waals surface area contributed by atoms with Crippen molar-refractivity contribution in [2.24, 2.45) is 29.1 Å². The van der Waals surface area contributed by atoms with E-state index < -0.39 is 52.6 Å². The Morgan fingerprint density at radius 2 is 1.79 bits per heavy atom. The monoisotopic (exact) mass is 594 g/mol. The van der Waals surface area contributed by atoms with Crippen LogP contribution in [0.25, 0.3) is 0 Å². The number of furan rings is 1. The highest BCUT2D eigenvalue weighted by Crippen LogP contribution is 2.64. The van der Waals surface area contributed by atoms with Crippen molar-refractivity contribution in [2.45, 2.75) is 70.4 Å². The third-order valence-electron chi connectivity index (χ3n) is 10.5. The van der Waals surface area contributed by atoms with Gasteiger partial charge in [0.25, 0.3) is 0 Å². The van der Waals surface area contributed by atoms with Gasteiger partial charge in [-0.15, -0.1) is 0 Å². The highest BCUT2D eigenvalue weighted by molar-refractivity contribution is 6.31. The number of amides is 4. The second-order valence-electron chi connectivity index (χ2n) is 12.6. The number of halogens is 2. The summed E-state index contributed by atoms with van der Waals surface area (Å²) in [5, 5.41) is 9.53. The summed E-state index contributed by atoms with van der Waals surface area (Å²) in [6, 6.07) is 6.99. The number of benzene rings is 1. The third kappa shape index (κ3) is 3.75. The minimum atomic E-state index is -1.29. The smallest absolute Gasteiger partial charge is 0.241 e. The van der Waals surface area contributed by atoms with Crippen molar-refractivity contribution >= 4 is 40.9 Å². The molecule has 0 unspecified atom stereocenters. The Labute approximate surface area is 247 Å². The number of hydrogen-bond donors (Lipinski definition) is 1. The van der Waals surface area contributed by atoms with Crippen LogP contribution >= 0.6 is 11.6 Å². The first-order chi connectivity index (χ1) is 20.2. The van der Waals surface area contributed by atoms with E-state index in [-0.39, 0.29) is 41.6 Å². The lowest BCUT2D eigenvalue weighted by atomic mass is 9.52. The molecule has 6 atom stereocenters. The Morgan fingerprint density at radius 1 is 1.02 bits per heavy atom. The van der Waals surface area contributed by atoms with Gasteiger partial charge in [0, 0.05) is 6.04 Å². The van der Waals surface area contributed by atoms with Crippen LogP contribution in [0.4, 0.5) is 10.1 Å². The fourth-order valence-electron chi connectivity index (χ4n) is 8.54. The minimum Gasteiger partial charge on any atom is -0.463 e. The van der Waals surface area contributed by atoms with E-state index in [0.717, 1.165) is 48.6 Å². The van der Waals surface area contributed by atoms with Crippen LogP contribution in [-0.4, -0.2) is 39.7 Å². The van der Waals surface area contributed by atoms with Crippen molar-refractivity contribution < 1.29 is 33.1 Å². The van der Waals surface area contributed by atoms with Crippen molar-refractivity contribution in [3.05, 3.63) is 64.3 Å². The number of carbonyl (C=O) groups is 4. The molecule has 0 spiro atoms. The number of allylic oxidation sites excluding steroid dienone is 2. The van der Waals surface area contributed by atoms with Gasteiger partial charge in [-0.25, -0.2) is 9.29 Å². The predicted octanol–water partition coefficient (Wildman–Crippen LogP) is 5.13. The summed E-state index contributed by atoms with van der Waals surface area (Å²) in [7, 11) is 0. The molecular formula is C32H32ClFN2O6. The first-order valence-corrected chi connectivity index (χ1v) is 15.1. The molecule has 8 nitrogen and oxygen atoms in total. The largest absolute Gasteiger partial charge is 0.463 e. The summed E-state index contributed by atoms with van der Waals surface area (Å²) >= 11 is 6.04. The van der Waals surface area contributed by atoms with E-state index in [1.165, 1.54) is 17.0 Å². The average Bonchev–Trinajstić information content (AvgIpc) is 3.61. The molecule has 220 valence electrons. The zero-order chi connectivity index (χ0) is 29.5. The van der Waals surface area contributed by atoms with Crippen LogP contribution < -0.4 is 4.90 Å². The molecule has 10 heteroatoms. The van der Waals surface area contributed by atoms with E-state index in [0.29, 0.717) is 17.9 Å². The summed E-state index contributed by atoms with van der Waals surface area (Å²) in [5.74, 6) is -4.23. The Kier molecular flexibility index (Phi) is 6.47. The lowest BCUT2D eigenvalue weighted by Gasteiger charge is -2.48. The molecule has 2 saturated heterocycles. The standard InChI is InChI=1S/C32H32ClFN2O6/c1-32-22(29(39)36(31(32)41)17-7-11-24(34)23(33)13-17)14-21-19(27(32)25-12-8-18(15-37)42-25)9-10-20-26(21)30(40)35(28(20)38)16-5-3-2-4-6-16/h7-9,11-13,16,20-22,26-27,37H,2-6,10,14-15H2,1H3/t20-,21+,22-,26-,27+,32+/m0/s1. The number of rotatable bonds is 4. The first-order valence-electron chi connectivity index (χ1n) is 14.8. The number of aliphatic hydroxyl groups is 1. The van der Waals surface area contributed by atoms with E-state index in [1.807, 2.05) is 6.08 Å². The fourth-order valence-corrected chi connectivity index (χ4v) is 8.72. The molecule has 3 heterocycles. The van der Waals surface area contributed by atoms with Gasteiger partial charge in [0.1, 0.15) is 23.9 Å². The number of imide groups is 2. The molecule has 0 bridgehead atoms. The van der Waals surface area contributed by atoms with E-state index >= 15 is 0 Å². The average molecular weight is 595 g/mol.